The SMILES string of the molecule is C=C(C)C(=O)OC(=O)[C@@H]1CCC(=O)N1.[Na]. The fraction of sp³-hybridized carbons (Fsp3) is 0.444. The minimum absolute atomic E-state index is 0. The predicted molar refractivity (Wildman–Crippen MR) is 52.8 cm³/mol. The van der Waals surface area contributed by atoms with Gasteiger partial charge in [0.2, 0.25) is 5.91 Å². The molecule has 1 aliphatic rings. The van der Waals surface area contributed by atoms with Crippen LogP contribution in [0.3, 0.4) is 0 Å². The van der Waals surface area contributed by atoms with Crippen LogP contribution in [0.4, 0.5) is 0 Å². The van der Waals surface area contributed by atoms with Crippen molar-refractivity contribution in [1.82, 2.24) is 5.32 Å². The van der Waals surface area contributed by atoms with Crippen LogP contribution >= 0.6 is 0 Å². The molecule has 0 aromatic rings. The van der Waals surface area contributed by atoms with Crippen molar-refractivity contribution in [2.24, 2.45) is 0 Å². The van der Waals surface area contributed by atoms with Crippen LogP contribution in [-0.2, 0) is 19.1 Å². The summed E-state index contributed by atoms with van der Waals surface area (Å²) in [5, 5.41) is 2.40. The van der Waals surface area contributed by atoms with Gasteiger partial charge < -0.3 is 10.1 Å². The summed E-state index contributed by atoms with van der Waals surface area (Å²) < 4.78 is 4.45. The fourth-order valence-electron chi connectivity index (χ4n) is 1.04. The van der Waals surface area contributed by atoms with E-state index in [1.54, 1.807) is 0 Å². The monoisotopic (exact) mass is 220 g/mol. The standard InChI is InChI=1S/C9H11NO4.Na/c1-5(2)8(12)14-9(13)6-3-4-7(11)10-6;/h6H,1,3-4H2,2H3,(H,10,11);/t6-;/m0./s1. The summed E-state index contributed by atoms with van der Waals surface area (Å²) in [6.07, 6.45) is 0.669. The molecule has 1 fully saturated rings. The molecule has 0 aromatic heterocycles. The van der Waals surface area contributed by atoms with E-state index in [9.17, 15) is 14.4 Å². The number of ether oxygens (including phenoxy) is 1. The first kappa shape index (κ1) is 14.3. The minimum atomic E-state index is -0.754. The molecule has 1 saturated heterocycles. The van der Waals surface area contributed by atoms with Gasteiger partial charge in [0.05, 0.1) is 0 Å². The molecule has 77 valence electrons. The Morgan fingerprint density at radius 3 is 2.53 bits per heavy atom. The number of nitrogens with one attached hydrogen (secondary N) is 1. The van der Waals surface area contributed by atoms with E-state index >= 15 is 0 Å². The number of hydrogen-bond acceptors (Lipinski definition) is 4. The van der Waals surface area contributed by atoms with E-state index in [1.165, 1.54) is 6.92 Å². The minimum Gasteiger partial charge on any atom is -0.388 e. The molecular weight excluding hydrogens is 209 g/mol. The second-order valence-corrected chi connectivity index (χ2v) is 3.15. The Morgan fingerprint density at radius 2 is 2.13 bits per heavy atom. The number of amides is 1. The maximum Gasteiger partial charge on any atom is 0.340 e. The van der Waals surface area contributed by atoms with Crippen molar-refractivity contribution in [3.8, 4) is 0 Å². The molecule has 1 aliphatic heterocycles. The maximum atomic E-state index is 11.2. The van der Waals surface area contributed by atoms with Gasteiger partial charge in [0, 0.05) is 41.6 Å². The van der Waals surface area contributed by atoms with Gasteiger partial charge in [0.1, 0.15) is 6.04 Å². The van der Waals surface area contributed by atoms with Gasteiger partial charge in [0.25, 0.3) is 0 Å². The molecule has 1 atom stereocenters. The Hall–Kier alpha value is -0.650. The van der Waals surface area contributed by atoms with Crippen LogP contribution in [0.2, 0.25) is 0 Å². The van der Waals surface area contributed by atoms with Gasteiger partial charge in [-0.15, -0.1) is 0 Å². The molecule has 1 N–H and O–H groups in total. The maximum absolute atomic E-state index is 11.2. The normalized spacial score (nSPS) is 18.7. The molecule has 15 heavy (non-hydrogen) atoms. The van der Waals surface area contributed by atoms with Gasteiger partial charge in [0.15, 0.2) is 0 Å². The van der Waals surface area contributed by atoms with E-state index in [0.29, 0.717) is 12.8 Å². The summed E-state index contributed by atoms with van der Waals surface area (Å²) in [4.78, 5) is 32.9. The molecule has 1 radical (unpaired) electrons. The molecule has 1 heterocycles. The average molecular weight is 220 g/mol. The van der Waals surface area contributed by atoms with Crippen LogP contribution < -0.4 is 5.32 Å². The van der Waals surface area contributed by atoms with Gasteiger partial charge in [-0.3, -0.25) is 4.79 Å². The Labute approximate surface area is 110 Å². The molecule has 5 nitrogen and oxygen atoms in total. The molecule has 0 unspecified atom stereocenters. The molecule has 0 aromatic carbocycles. The van der Waals surface area contributed by atoms with Crippen molar-refractivity contribution in [3.05, 3.63) is 12.2 Å². The topological polar surface area (TPSA) is 72.5 Å². The summed E-state index contributed by atoms with van der Waals surface area (Å²) in [6, 6.07) is -0.689. The van der Waals surface area contributed by atoms with Crippen LogP contribution in [0.1, 0.15) is 19.8 Å². The Bertz CT molecular complexity index is 313. The van der Waals surface area contributed by atoms with Crippen molar-refractivity contribution in [3.63, 3.8) is 0 Å². The zero-order valence-corrected chi connectivity index (χ0v) is 10.8. The summed E-state index contributed by atoms with van der Waals surface area (Å²) in [5.74, 6) is -1.67. The molecule has 0 aliphatic carbocycles. The first-order chi connectivity index (χ1) is 6.50. The van der Waals surface area contributed by atoms with Gasteiger partial charge in [-0.2, -0.15) is 0 Å². The van der Waals surface area contributed by atoms with Gasteiger partial charge in [-0.05, 0) is 13.3 Å². The largest absolute Gasteiger partial charge is 0.388 e. The molecule has 6 heteroatoms. The summed E-state index contributed by atoms with van der Waals surface area (Å²) in [7, 11) is 0. The van der Waals surface area contributed by atoms with Crippen LogP contribution in [-0.4, -0.2) is 53.4 Å². The summed E-state index contributed by atoms with van der Waals surface area (Å²) in [5.41, 5.74) is 0.155. The zero-order valence-electron chi connectivity index (χ0n) is 8.83. The second kappa shape index (κ2) is 6.05. The first-order valence-corrected chi connectivity index (χ1v) is 4.21. The van der Waals surface area contributed by atoms with E-state index in [2.05, 4.69) is 16.6 Å². The second-order valence-electron chi connectivity index (χ2n) is 3.15. The van der Waals surface area contributed by atoms with E-state index in [-0.39, 0.29) is 41.0 Å². The molecule has 0 spiro atoms. The van der Waals surface area contributed by atoms with Crippen molar-refractivity contribution in [2.45, 2.75) is 25.8 Å². The van der Waals surface area contributed by atoms with Crippen LogP contribution in [0, 0.1) is 0 Å². The Kier molecular flexibility index (Phi) is 5.79. The molecular formula is C9H11NNaO4. The van der Waals surface area contributed by atoms with Crippen LogP contribution in [0.15, 0.2) is 12.2 Å². The summed E-state index contributed by atoms with van der Waals surface area (Å²) in [6.45, 7) is 4.78. The van der Waals surface area contributed by atoms with Crippen molar-refractivity contribution in [2.75, 3.05) is 0 Å². The number of rotatable bonds is 2. The fourth-order valence-corrected chi connectivity index (χ4v) is 1.04. The molecule has 0 bridgehead atoms. The zero-order chi connectivity index (χ0) is 10.7. The average Bonchev–Trinajstić information content (AvgIpc) is 2.51. The van der Waals surface area contributed by atoms with E-state index < -0.39 is 18.0 Å². The van der Waals surface area contributed by atoms with E-state index in [4.69, 9.17) is 0 Å². The van der Waals surface area contributed by atoms with Crippen molar-refractivity contribution < 1.29 is 19.1 Å². The van der Waals surface area contributed by atoms with Gasteiger partial charge in [-0.25, -0.2) is 9.59 Å². The Balaban J connectivity index is 0.00000196. The van der Waals surface area contributed by atoms with E-state index in [1.807, 2.05) is 0 Å². The smallest absolute Gasteiger partial charge is 0.340 e. The molecule has 1 rings (SSSR count). The van der Waals surface area contributed by atoms with Crippen molar-refractivity contribution in [1.29, 1.82) is 0 Å². The van der Waals surface area contributed by atoms with Crippen LogP contribution in [0.25, 0.3) is 0 Å². The molecule has 0 saturated carbocycles. The first-order valence-electron chi connectivity index (χ1n) is 4.21. The molecule has 1 amide bonds. The predicted octanol–water partition coefficient (Wildman–Crippen LogP) is -0.470. The third-order valence-electron chi connectivity index (χ3n) is 1.82. The summed E-state index contributed by atoms with van der Waals surface area (Å²) >= 11 is 0. The van der Waals surface area contributed by atoms with Crippen LogP contribution in [0.5, 0.6) is 0 Å². The van der Waals surface area contributed by atoms with Gasteiger partial charge in [-0.1, -0.05) is 6.58 Å². The number of carbonyl (C=O) groups excluding carboxylic acids is 3. The third-order valence-corrected chi connectivity index (χ3v) is 1.82. The number of carbonyl (C=O) groups is 3. The number of esters is 2. The Morgan fingerprint density at radius 1 is 1.53 bits per heavy atom. The quantitative estimate of drug-likeness (QED) is 0.295. The van der Waals surface area contributed by atoms with Crippen molar-refractivity contribution >= 4 is 47.4 Å². The van der Waals surface area contributed by atoms with E-state index in [0.717, 1.165) is 0 Å². The van der Waals surface area contributed by atoms with Gasteiger partial charge >= 0.3 is 11.9 Å². The number of hydrogen-bond donors (Lipinski definition) is 1. The third kappa shape index (κ3) is 4.15.